The molecule has 1 amide bonds. The molecule has 0 saturated carbocycles. The topological polar surface area (TPSA) is 40.5 Å². The number of alkyl halides is 3. The average Bonchev–Trinajstić information content (AvgIpc) is 2.47. The van der Waals surface area contributed by atoms with E-state index in [2.05, 4.69) is 0 Å². The van der Waals surface area contributed by atoms with Crippen LogP contribution in [0.4, 0.5) is 17.6 Å². The van der Waals surface area contributed by atoms with Gasteiger partial charge in [-0.15, -0.1) is 0 Å². The second kappa shape index (κ2) is 6.70. The molecule has 23 heavy (non-hydrogen) atoms. The number of nitrogens with zero attached hydrogens (tertiary/aromatic N) is 1. The van der Waals surface area contributed by atoms with Crippen LogP contribution in [-0.2, 0) is 4.79 Å². The Morgan fingerprint density at radius 1 is 1.30 bits per heavy atom. The van der Waals surface area contributed by atoms with Crippen LogP contribution < -0.4 is 0 Å². The highest BCUT2D eigenvalue weighted by Gasteiger charge is 2.54. The summed E-state index contributed by atoms with van der Waals surface area (Å²) in [5.41, 5.74) is -2.11. The predicted octanol–water partition coefficient (Wildman–Crippen LogP) is 3.14. The number of carbonyl (C=O) groups is 1. The number of aliphatic hydroxyl groups is 1. The molecule has 1 aromatic rings. The van der Waals surface area contributed by atoms with Gasteiger partial charge in [-0.1, -0.05) is 24.3 Å². The fourth-order valence-electron chi connectivity index (χ4n) is 2.44. The lowest BCUT2D eigenvalue weighted by Gasteiger charge is -2.39. The first kappa shape index (κ1) is 17.5. The fraction of sp³-hybridized carbons (Fsp3) is 0.438. The molecule has 1 N–H and O–H groups in total. The lowest BCUT2D eigenvalue weighted by molar-refractivity contribution is -0.272. The molecule has 3 nitrogen and oxygen atoms in total. The zero-order valence-corrected chi connectivity index (χ0v) is 12.3. The smallest absolute Gasteiger partial charge is 0.380 e. The number of rotatable bonds is 3. The van der Waals surface area contributed by atoms with Gasteiger partial charge in [-0.3, -0.25) is 4.79 Å². The van der Waals surface area contributed by atoms with Crippen LogP contribution in [0.2, 0.25) is 0 Å². The van der Waals surface area contributed by atoms with Crippen LogP contribution in [-0.4, -0.2) is 40.8 Å². The fourth-order valence-corrected chi connectivity index (χ4v) is 2.44. The van der Waals surface area contributed by atoms with Crippen molar-refractivity contribution in [2.45, 2.75) is 31.0 Å². The monoisotopic (exact) mass is 331 g/mol. The van der Waals surface area contributed by atoms with Crippen molar-refractivity contribution in [1.82, 2.24) is 4.90 Å². The molecule has 0 aliphatic carbocycles. The normalized spacial score (nSPS) is 18.4. The molecule has 2 rings (SSSR count). The van der Waals surface area contributed by atoms with Crippen LogP contribution in [0, 0.1) is 5.82 Å². The van der Waals surface area contributed by atoms with Crippen molar-refractivity contribution in [2.75, 3.05) is 13.1 Å². The summed E-state index contributed by atoms with van der Waals surface area (Å²) >= 11 is 0. The second-order valence-corrected chi connectivity index (χ2v) is 5.57. The molecule has 0 atom stereocenters. The van der Waals surface area contributed by atoms with Crippen LogP contribution in [0.1, 0.15) is 24.8 Å². The SMILES string of the molecule is O=C(C/C=C/c1cccc(F)c1)N1CCC(O)(C(F)(F)F)CC1. The lowest BCUT2D eigenvalue weighted by Crippen LogP contribution is -2.54. The molecule has 1 saturated heterocycles. The zero-order valence-electron chi connectivity index (χ0n) is 12.3. The Bertz CT molecular complexity index is 590. The van der Waals surface area contributed by atoms with Crippen molar-refractivity contribution in [3.8, 4) is 0 Å². The van der Waals surface area contributed by atoms with E-state index in [0.717, 1.165) is 0 Å². The minimum atomic E-state index is -4.68. The molecule has 0 spiro atoms. The van der Waals surface area contributed by atoms with Crippen molar-refractivity contribution < 1.29 is 27.5 Å². The maximum absolute atomic E-state index is 13.0. The first-order valence-corrected chi connectivity index (χ1v) is 7.20. The number of hydrogen-bond acceptors (Lipinski definition) is 2. The van der Waals surface area contributed by atoms with Crippen molar-refractivity contribution >= 4 is 12.0 Å². The summed E-state index contributed by atoms with van der Waals surface area (Å²) in [4.78, 5) is 13.3. The number of hydrogen-bond donors (Lipinski definition) is 1. The quantitative estimate of drug-likeness (QED) is 0.865. The Hall–Kier alpha value is -1.89. The molecule has 1 aliphatic rings. The summed E-state index contributed by atoms with van der Waals surface area (Å²) in [5.74, 6) is -0.706. The first-order chi connectivity index (χ1) is 10.7. The van der Waals surface area contributed by atoms with Gasteiger partial charge < -0.3 is 10.0 Å². The zero-order chi connectivity index (χ0) is 17.1. The van der Waals surface area contributed by atoms with Gasteiger partial charge in [0.25, 0.3) is 0 Å². The van der Waals surface area contributed by atoms with E-state index in [9.17, 15) is 27.5 Å². The summed E-state index contributed by atoms with van der Waals surface area (Å²) in [6, 6.07) is 5.83. The molecule has 1 heterocycles. The van der Waals surface area contributed by atoms with E-state index in [0.29, 0.717) is 5.56 Å². The number of carbonyl (C=O) groups excluding carboxylic acids is 1. The van der Waals surface area contributed by atoms with Gasteiger partial charge in [0.1, 0.15) is 5.82 Å². The lowest BCUT2D eigenvalue weighted by atomic mass is 9.90. The van der Waals surface area contributed by atoms with E-state index in [-0.39, 0.29) is 31.2 Å². The van der Waals surface area contributed by atoms with Gasteiger partial charge in [0, 0.05) is 32.4 Å². The van der Waals surface area contributed by atoms with Crippen molar-refractivity contribution in [3.63, 3.8) is 0 Å². The molecule has 126 valence electrons. The number of likely N-dealkylation sites (tertiary alicyclic amines) is 1. The first-order valence-electron chi connectivity index (χ1n) is 7.20. The van der Waals surface area contributed by atoms with E-state index in [1.165, 1.54) is 17.0 Å². The third-order valence-electron chi connectivity index (χ3n) is 3.92. The van der Waals surface area contributed by atoms with Gasteiger partial charge in [0.15, 0.2) is 5.60 Å². The van der Waals surface area contributed by atoms with Crippen molar-refractivity contribution in [3.05, 3.63) is 41.7 Å². The van der Waals surface area contributed by atoms with Gasteiger partial charge >= 0.3 is 6.18 Å². The Kier molecular flexibility index (Phi) is 5.09. The minimum Gasteiger partial charge on any atom is -0.380 e. The largest absolute Gasteiger partial charge is 0.417 e. The number of benzene rings is 1. The van der Waals surface area contributed by atoms with Crippen LogP contribution in [0.3, 0.4) is 0 Å². The highest BCUT2D eigenvalue weighted by Crippen LogP contribution is 2.38. The molecule has 0 bridgehead atoms. The highest BCUT2D eigenvalue weighted by atomic mass is 19.4. The van der Waals surface area contributed by atoms with E-state index < -0.39 is 24.6 Å². The van der Waals surface area contributed by atoms with Crippen molar-refractivity contribution in [2.24, 2.45) is 0 Å². The van der Waals surface area contributed by atoms with Crippen LogP contribution in [0.5, 0.6) is 0 Å². The van der Waals surface area contributed by atoms with E-state index in [4.69, 9.17) is 0 Å². The Morgan fingerprint density at radius 3 is 2.52 bits per heavy atom. The number of piperidine rings is 1. The molecule has 1 fully saturated rings. The van der Waals surface area contributed by atoms with Gasteiger partial charge in [-0.25, -0.2) is 4.39 Å². The number of amides is 1. The van der Waals surface area contributed by atoms with E-state index in [1.54, 1.807) is 24.3 Å². The van der Waals surface area contributed by atoms with E-state index >= 15 is 0 Å². The van der Waals surface area contributed by atoms with Crippen LogP contribution in [0.15, 0.2) is 30.3 Å². The van der Waals surface area contributed by atoms with Crippen LogP contribution in [0.25, 0.3) is 6.08 Å². The standard InChI is InChI=1S/C16H17F4NO2/c17-13-5-1-3-12(11-13)4-2-6-14(22)21-9-7-15(23,8-10-21)16(18,19)20/h1-5,11,23H,6-10H2/b4-2+. The van der Waals surface area contributed by atoms with Gasteiger partial charge in [0.05, 0.1) is 0 Å². The maximum Gasteiger partial charge on any atom is 0.417 e. The molecule has 0 aromatic heterocycles. The van der Waals surface area contributed by atoms with E-state index in [1.807, 2.05) is 0 Å². The molecule has 1 aromatic carbocycles. The molecular weight excluding hydrogens is 314 g/mol. The molecule has 7 heteroatoms. The minimum absolute atomic E-state index is 0.0148. The van der Waals surface area contributed by atoms with Crippen molar-refractivity contribution in [1.29, 1.82) is 0 Å². The third kappa shape index (κ3) is 4.31. The summed E-state index contributed by atoms with van der Waals surface area (Å²) < 4.78 is 51.0. The molecular formula is C16H17F4NO2. The summed E-state index contributed by atoms with van der Waals surface area (Å²) in [7, 11) is 0. The van der Waals surface area contributed by atoms with Gasteiger partial charge in [0.2, 0.25) is 5.91 Å². The van der Waals surface area contributed by atoms with Gasteiger partial charge in [-0.05, 0) is 17.7 Å². The molecule has 1 aliphatic heterocycles. The summed E-state index contributed by atoms with van der Waals surface area (Å²) in [5, 5.41) is 9.55. The second-order valence-electron chi connectivity index (χ2n) is 5.57. The van der Waals surface area contributed by atoms with Gasteiger partial charge in [-0.2, -0.15) is 13.2 Å². The molecule has 0 unspecified atom stereocenters. The van der Waals surface area contributed by atoms with Crippen LogP contribution >= 0.6 is 0 Å². The summed E-state index contributed by atoms with van der Waals surface area (Å²) in [6.07, 6.45) is -2.58. The highest BCUT2D eigenvalue weighted by molar-refractivity contribution is 5.78. The average molecular weight is 331 g/mol. The Morgan fingerprint density at radius 2 is 1.96 bits per heavy atom. The molecule has 0 radical (unpaired) electrons. The Balaban J connectivity index is 1.86. The third-order valence-corrected chi connectivity index (χ3v) is 3.92. The maximum atomic E-state index is 13.0. The number of halogens is 4. The Labute approximate surface area is 131 Å². The summed E-state index contributed by atoms with van der Waals surface area (Å²) in [6.45, 7) is -0.273. The predicted molar refractivity (Wildman–Crippen MR) is 76.9 cm³/mol.